The Balaban J connectivity index is 1.89. The first-order chi connectivity index (χ1) is 13.2. The molecule has 0 saturated heterocycles. The number of rotatable bonds is 8. The molecule has 150 valence electrons. The lowest BCUT2D eigenvalue weighted by molar-refractivity contribution is -0.118. The zero-order chi connectivity index (χ0) is 20.7. The Morgan fingerprint density at radius 3 is 2.04 bits per heavy atom. The van der Waals surface area contributed by atoms with Crippen molar-refractivity contribution in [3.63, 3.8) is 0 Å². The lowest BCUT2D eigenvalue weighted by Gasteiger charge is -2.14. The van der Waals surface area contributed by atoms with Crippen LogP contribution in [0.3, 0.4) is 0 Å². The van der Waals surface area contributed by atoms with Gasteiger partial charge in [-0.1, -0.05) is 43.6 Å². The number of carbonyl (C=O) groups excluding carboxylic acids is 2. The van der Waals surface area contributed by atoms with Gasteiger partial charge in [-0.05, 0) is 59.9 Å². The molecule has 0 heterocycles. The third kappa shape index (κ3) is 7.00. The average molecular weight is 447 g/mol. The monoisotopic (exact) mass is 446 g/mol. The fraction of sp³-hybridized carbons (Fsp3) is 0.364. The molecule has 0 fully saturated rings. The van der Waals surface area contributed by atoms with Gasteiger partial charge in [0.05, 0.1) is 0 Å². The van der Waals surface area contributed by atoms with E-state index in [0.717, 1.165) is 10.0 Å². The summed E-state index contributed by atoms with van der Waals surface area (Å²) in [7, 11) is 0. The summed E-state index contributed by atoms with van der Waals surface area (Å²) < 4.78 is 6.69. The summed E-state index contributed by atoms with van der Waals surface area (Å²) >= 11 is 3.46. The molecule has 2 aromatic carbocycles. The number of ether oxygens (including phenoxy) is 1. The molecule has 0 radical (unpaired) electrons. The topological polar surface area (TPSA) is 67.4 Å². The second-order valence-electron chi connectivity index (χ2n) is 7.40. The fourth-order valence-corrected chi connectivity index (χ4v) is 3.04. The maximum absolute atomic E-state index is 12.2. The molecule has 0 atom stereocenters. The minimum atomic E-state index is -0.241. The minimum absolute atomic E-state index is 0.0179. The van der Waals surface area contributed by atoms with Crippen molar-refractivity contribution in [2.24, 2.45) is 5.92 Å². The fourth-order valence-electron chi connectivity index (χ4n) is 2.66. The summed E-state index contributed by atoms with van der Waals surface area (Å²) in [4.78, 5) is 24.0. The van der Waals surface area contributed by atoms with Crippen LogP contribution in [0.1, 0.15) is 45.6 Å². The highest BCUT2D eigenvalue weighted by molar-refractivity contribution is 9.10. The van der Waals surface area contributed by atoms with E-state index < -0.39 is 0 Å². The number of carbonyl (C=O) groups is 2. The summed E-state index contributed by atoms with van der Waals surface area (Å²) in [5.41, 5.74) is 2.40. The molecule has 0 saturated carbocycles. The molecule has 0 aliphatic rings. The second-order valence-corrected chi connectivity index (χ2v) is 8.31. The predicted molar refractivity (Wildman–Crippen MR) is 117 cm³/mol. The van der Waals surface area contributed by atoms with Gasteiger partial charge in [0.2, 0.25) is 5.91 Å². The van der Waals surface area contributed by atoms with Gasteiger partial charge < -0.3 is 15.4 Å². The van der Waals surface area contributed by atoms with Gasteiger partial charge >= 0.3 is 0 Å². The summed E-state index contributed by atoms with van der Waals surface area (Å²) in [6, 6.07) is 12.8. The van der Waals surface area contributed by atoms with Crippen molar-refractivity contribution in [1.82, 2.24) is 0 Å². The van der Waals surface area contributed by atoms with Gasteiger partial charge in [0, 0.05) is 22.3 Å². The average Bonchev–Trinajstić information content (AvgIpc) is 2.61. The minimum Gasteiger partial charge on any atom is -0.483 e. The highest BCUT2D eigenvalue weighted by atomic mass is 79.9. The molecule has 5 nitrogen and oxygen atoms in total. The first-order valence-corrected chi connectivity index (χ1v) is 10.2. The first kappa shape index (κ1) is 22.0. The number of hydrogen-bond donors (Lipinski definition) is 2. The Bertz CT molecular complexity index is 817. The molecule has 28 heavy (non-hydrogen) atoms. The highest BCUT2D eigenvalue weighted by Crippen LogP contribution is 2.29. The van der Waals surface area contributed by atoms with Crippen LogP contribution in [0.2, 0.25) is 0 Å². The van der Waals surface area contributed by atoms with Crippen LogP contribution in [-0.4, -0.2) is 18.4 Å². The van der Waals surface area contributed by atoms with Crippen LogP contribution in [0.5, 0.6) is 5.75 Å². The third-order valence-corrected chi connectivity index (χ3v) is 4.49. The number of benzene rings is 2. The Kier molecular flexibility index (Phi) is 8.05. The van der Waals surface area contributed by atoms with Crippen LogP contribution in [0.15, 0.2) is 46.9 Å². The van der Waals surface area contributed by atoms with Crippen molar-refractivity contribution in [1.29, 1.82) is 0 Å². The van der Waals surface area contributed by atoms with E-state index in [4.69, 9.17) is 4.74 Å². The van der Waals surface area contributed by atoms with Crippen molar-refractivity contribution in [3.8, 4) is 5.75 Å². The number of hydrogen-bond acceptors (Lipinski definition) is 3. The molecule has 6 heteroatoms. The van der Waals surface area contributed by atoms with Crippen molar-refractivity contribution < 1.29 is 14.3 Å². The summed E-state index contributed by atoms with van der Waals surface area (Å²) in [5, 5.41) is 5.64. The van der Waals surface area contributed by atoms with Gasteiger partial charge in [0.15, 0.2) is 6.61 Å². The molecular formula is C22H27BrN2O3. The standard InChI is InChI=1S/C22H27BrN2O3/c1-14(2)11-21(26)24-17-6-8-18(9-7-17)25-22(27)13-28-20-10-5-16(23)12-19(20)15(3)4/h5-10,12,14-15H,11,13H2,1-4H3,(H,24,26)(H,25,27). The van der Waals surface area contributed by atoms with E-state index in [1.807, 2.05) is 32.0 Å². The molecule has 2 rings (SSSR count). The molecule has 2 N–H and O–H groups in total. The van der Waals surface area contributed by atoms with Crippen LogP contribution in [0.25, 0.3) is 0 Å². The van der Waals surface area contributed by atoms with Crippen LogP contribution >= 0.6 is 15.9 Å². The smallest absolute Gasteiger partial charge is 0.262 e. The van der Waals surface area contributed by atoms with Gasteiger partial charge in [-0.25, -0.2) is 0 Å². The molecule has 0 bridgehead atoms. The Morgan fingerprint density at radius 2 is 1.50 bits per heavy atom. The van der Waals surface area contributed by atoms with E-state index in [-0.39, 0.29) is 24.3 Å². The molecule has 0 spiro atoms. The molecule has 0 aliphatic heterocycles. The van der Waals surface area contributed by atoms with Gasteiger partial charge in [-0.15, -0.1) is 0 Å². The number of nitrogens with one attached hydrogen (secondary N) is 2. The lowest BCUT2D eigenvalue weighted by Crippen LogP contribution is -2.20. The van der Waals surface area contributed by atoms with Gasteiger partial charge in [0.1, 0.15) is 5.75 Å². The van der Waals surface area contributed by atoms with E-state index in [9.17, 15) is 9.59 Å². The molecule has 0 unspecified atom stereocenters. The van der Waals surface area contributed by atoms with E-state index >= 15 is 0 Å². The summed E-state index contributed by atoms with van der Waals surface area (Å²) in [6.07, 6.45) is 0.476. The Hall–Kier alpha value is -2.34. The van der Waals surface area contributed by atoms with Crippen molar-refractivity contribution in [3.05, 3.63) is 52.5 Å². The highest BCUT2D eigenvalue weighted by Gasteiger charge is 2.11. The SMILES string of the molecule is CC(C)CC(=O)Nc1ccc(NC(=O)COc2ccc(Br)cc2C(C)C)cc1. The predicted octanol–water partition coefficient (Wildman–Crippen LogP) is 5.57. The molecular weight excluding hydrogens is 420 g/mol. The molecule has 2 amide bonds. The first-order valence-electron chi connectivity index (χ1n) is 9.36. The van der Waals surface area contributed by atoms with E-state index in [1.54, 1.807) is 24.3 Å². The zero-order valence-electron chi connectivity index (χ0n) is 16.7. The molecule has 0 aromatic heterocycles. The lowest BCUT2D eigenvalue weighted by atomic mass is 10.0. The maximum atomic E-state index is 12.2. The van der Waals surface area contributed by atoms with Gasteiger partial charge in [0.25, 0.3) is 5.91 Å². The Labute approximate surface area is 175 Å². The zero-order valence-corrected chi connectivity index (χ0v) is 18.3. The molecule has 2 aromatic rings. The Morgan fingerprint density at radius 1 is 0.929 bits per heavy atom. The molecule has 0 aliphatic carbocycles. The largest absolute Gasteiger partial charge is 0.483 e. The van der Waals surface area contributed by atoms with Crippen molar-refractivity contribution in [2.45, 2.75) is 40.0 Å². The van der Waals surface area contributed by atoms with Crippen molar-refractivity contribution in [2.75, 3.05) is 17.2 Å². The van der Waals surface area contributed by atoms with Crippen molar-refractivity contribution >= 4 is 39.1 Å². The maximum Gasteiger partial charge on any atom is 0.262 e. The van der Waals surface area contributed by atoms with Gasteiger partial charge in [-0.2, -0.15) is 0 Å². The van der Waals surface area contributed by atoms with Gasteiger partial charge in [-0.3, -0.25) is 9.59 Å². The van der Waals surface area contributed by atoms with E-state index in [1.165, 1.54) is 0 Å². The van der Waals surface area contributed by atoms with Crippen LogP contribution in [0.4, 0.5) is 11.4 Å². The summed E-state index contributed by atoms with van der Waals surface area (Å²) in [6.45, 7) is 8.08. The number of halogens is 1. The van der Waals surface area contributed by atoms with Crippen LogP contribution in [0, 0.1) is 5.92 Å². The number of anilines is 2. The third-order valence-electron chi connectivity index (χ3n) is 4.00. The van der Waals surface area contributed by atoms with Crippen LogP contribution < -0.4 is 15.4 Å². The van der Waals surface area contributed by atoms with Crippen LogP contribution in [-0.2, 0) is 9.59 Å². The van der Waals surface area contributed by atoms with E-state index in [2.05, 4.69) is 40.4 Å². The summed E-state index contributed by atoms with van der Waals surface area (Å²) in [5.74, 6) is 1.04. The second kappa shape index (κ2) is 10.3. The van der Waals surface area contributed by atoms with E-state index in [0.29, 0.717) is 29.5 Å². The normalized spacial score (nSPS) is 10.8. The number of amides is 2. The quantitative estimate of drug-likeness (QED) is 0.556.